The predicted octanol–water partition coefficient (Wildman–Crippen LogP) is 3.92. The van der Waals surface area contributed by atoms with E-state index in [9.17, 15) is 4.79 Å². The Hall–Kier alpha value is -1.68. The van der Waals surface area contributed by atoms with Gasteiger partial charge in [-0.15, -0.1) is 11.3 Å². The Bertz CT molecular complexity index is 577. The Morgan fingerprint density at radius 3 is 2.95 bits per heavy atom. The molecule has 0 bridgehead atoms. The number of amides is 1. The number of aromatic nitrogens is 1. The third-order valence-electron chi connectivity index (χ3n) is 3.04. The average Bonchev–Trinajstić information content (AvgIpc) is 2.90. The minimum absolute atomic E-state index is 0.127. The Balaban J connectivity index is 1.98. The van der Waals surface area contributed by atoms with Crippen molar-refractivity contribution in [2.45, 2.75) is 39.7 Å². The normalized spacial score (nSPS) is 10.5. The summed E-state index contributed by atoms with van der Waals surface area (Å²) in [5.74, 6) is 0.127. The number of rotatable bonds is 6. The van der Waals surface area contributed by atoms with E-state index in [0.717, 1.165) is 34.7 Å². The summed E-state index contributed by atoms with van der Waals surface area (Å²) in [5, 5.41) is 6.04. The fraction of sp³-hybridized carbons (Fsp3) is 0.375. The quantitative estimate of drug-likeness (QED) is 0.875. The monoisotopic (exact) mass is 288 g/mol. The first kappa shape index (κ1) is 14.7. The van der Waals surface area contributed by atoms with Gasteiger partial charge in [0.1, 0.15) is 5.01 Å². The number of thiazole rings is 1. The fourth-order valence-electron chi connectivity index (χ4n) is 1.93. The average molecular weight is 288 g/mol. The van der Waals surface area contributed by atoms with Crippen LogP contribution in [0.25, 0.3) is 10.6 Å². The summed E-state index contributed by atoms with van der Waals surface area (Å²) in [7, 11) is 0. The van der Waals surface area contributed by atoms with Gasteiger partial charge in [0, 0.05) is 29.6 Å². The van der Waals surface area contributed by atoms with Gasteiger partial charge in [0.2, 0.25) is 5.91 Å². The van der Waals surface area contributed by atoms with Crippen molar-refractivity contribution in [3.63, 3.8) is 0 Å². The molecule has 20 heavy (non-hydrogen) atoms. The molecule has 0 fully saturated rings. The van der Waals surface area contributed by atoms with Gasteiger partial charge < -0.3 is 5.32 Å². The van der Waals surface area contributed by atoms with Crippen LogP contribution in [0.3, 0.4) is 0 Å². The highest BCUT2D eigenvalue weighted by Crippen LogP contribution is 2.24. The van der Waals surface area contributed by atoms with Crippen molar-refractivity contribution in [2.75, 3.05) is 0 Å². The highest BCUT2D eigenvalue weighted by atomic mass is 32.1. The summed E-state index contributed by atoms with van der Waals surface area (Å²) in [4.78, 5) is 16.1. The SMILES string of the molecule is CCCCC(=O)NCc1cccc(-c2nc(C)cs2)c1. The molecule has 0 spiro atoms. The lowest BCUT2D eigenvalue weighted by Crippen LogP contribution is -2.22. The maximum atomic E-state index is 11.6. The van der Waals surface area contributed by atoms with E-state index in [2.05, 4.69) is 34.7 Å². The summed E-state index contributed by atoms with van der Waals surface area (Å²) >= 11 is 1.65. The zero-order chi connectivity index (χ0) is 14.4. The number of hydrogen-bond donors (Lipinski definition) is 1. The molecule has 106 valence electrons. The molecule has 4 heteroatoms. The molecule has 0 saturated carbocycles. The molecule has 1 N–H and O–H groups in total. The minimum Gasteiger partial charge on any atom is -0.352 e. The Kier molecular flexibility index (Phi) is 5.30. The second kappa shape index (κ2) is 7.20. The van der Waals surface area contributed by atoms with Crippen molar-refractivity contribution in [1.29, 1.82) is 0 Å². The maximum Gasteiger partial charge on any atom is 0.220 e. The van der Waals surface area contributed by atoms with E-state index in [1.807, 2.05) is 19.1 Å². The molecule has 0 unspecified atom stereocenters. The van der Waals surface area contributed by atoms with Gasteiger partial charge in [-0.25, -0.2) is 4.98 Å². The van der Waals surface area contributed by atoms with Crippen LogP contribution < -0.4 is 5.32 Å². The molecule has 1 aromatic heterocycles. The molecule has 0 aliphatic heterocycles. The van der Waals surface area contributed by atoms with Crippen LogP contribution in [0, 0.1) is 6.92 Å². The first-order chi connectivity index (χ1) is 9.69. The number of nitrogens with one attached hydrogen (secondary N) is 1. The first-order valence-electron chi connectivity index (χ1n) is 6.97. The van der Waals surface area contributed by atoms with Gasteiger partial charge >= 0.3 is 0 Å². The number of nitrogens with zero attached hydrogens (tertiary/aromatic N) is 1. The summed E-state index contributed by atoms with van der Waals surface area (Å²) in [6.07, 6.45) is 2.61. The number of unbranched alkanes of at least 4 members (excludes halogenated alkanes) is 1. The standard InChI is InChI=1S/C16H20N2OS/c1-3-4-8-15(19)17-10-13-6-5-7-14(9-13)16-18-12(2)11-20-16/h5-7,9,11H,3-4,8,10H2,1-2H3,(H,17,19). The van der Waals surface area contributed by atoms with Crippen LogP contribution >= 0.6 is 11.3 Å². The van der Waals surface area contributed by atoms with Crippen molar-refractivity contribution in [2.24, 2.45) is 0 Å². The smallest absolute Gasteiger partial charge is 0.220 e. The molecule has 1 amide bonds. The van der Waals surface area contributed by atoms with Gasteiger partial charge in [0.25, 0.3) is 0 Å². The molecule has 0 atom stereocenters. The van der Waals surface area contributed by atoms with Gasteiger partial charge in [-0.05, 0) is 25.0 Å². The zero-order valence-corrected chi connectivity index (χ0v) is 12.8. The number of aryl methyl sites for hydroxylation is 1. The lowest BCUT2D eigenvalue weighted by molar-refractivity contribution is -0.121. The van der Waals surface area contributed by atoms with E-state index in [1.165, 1.54) is 0 Å². The van der Waals surface area contributed by atoms with Gasteiger partial charge in [-0.2, -0.15) is 0 Å². The maximum absolute atomic E-state index is 11.6. The highest BCUT2D eigenvalue weighted by molar-refractivity contribution is 7.13. The summed E-state index contributed by atoms with van der Waals surface area (Å²) in [6.45, 7) is 4.67. The van der Waals surface area contributed by atoms with Crippen molar-refractivity contribution in [1.82, 2.24) is 10.3 Å². The molecule has 0 aliphatic rings. The topological polar surface area (TPSA) is 42.0 Å². The predicted molar refractivity (Wildman–Crippen MR) is 83.7 cm³/mol. The highest BCUT2D eigenvalue weighted by Gasteiger charge is 2.05. The van der Waals surface area contributed by atoms with Crippen LogP contribution in [0.5, 0.6) is 0 Å². The van der Waals surface area contributed by atoms with Crippen LogP contribution in [-0.2, 0) is 11.3 Å². The third-order valence-corrected chi connectivity index (χ3v) is 4.05. The molecule has 2 rings (SSSR count). The molecular weight excluding hydrogens is 268 g/mol. The minimum atomic E-state index is 0.127. The Labute approximate surface area is 124 Å². The van der Waals surface area contributed by atoms with Crippen LogP contribution in [0.15, 0.2) is 29.6 Å². The summed E-state index contributed by atoms with van der Waals surface area (Å²) < 4.78 is 0. The molecular formula is C16H20N2OS. The Morgan fingerprint density at radius 2 is 2.25 bits per heavy atom. The summed E-state index contributed by atoms with van der Waals surface area (Å²) in [5.41, 5.74) is 3.27. The number of carbonyl (C=O) groups is 1. The largest absolute Gasteiger partial charge is 0.352 e. The first-order valence-corrected chi connectivity index (χ1v) is 7.85. The number of benzene rings is 1. The van der Waals surface area contributed by atoms with E-state index >= 15 is 0 Å². The van der Waals surface area contributed by atoms with Crippen LogP contribution in [0.1, 0.15) is 37.4 Å². The molecule has 1 heterocycles. The van der Waals surface area contributed by atoms with E-state index in [-0.39, 0.29) is 5.91 Å². The van der Waals surface area contributed by atoms with Gasteiger partial charge in [-0.1, -0.05) is 31.5 Å². The molecule has 2 aromatic rings. The lowest BCUT2D eigenvalue weighted by atomic mass is 10.1. The van der Waals surface area contributed by atoms with Gasteiger partial charge in [0.15, 0.2) is 0 Å². The fourth-order valence-corrected chi connectivity index (χ4v) is 2.72. The van der Waals surface area contributed by atoms with E-state index < -0.39 is 0 Å². The number of hydrogen-bond acceptors (Lipinski definition) is 3. The molecule has 0 radical (unpaired) electrons. The van der Waals surface area contributed by atoms with Crippen LogP contribution in [-0.4, -0.2) is 10.9 Å². The second-order valence-electron chi connectivity index (χ2n) is 4.87. The third kappa shape index (κ3) is 4.17. The molecule has 3 nitrogen and oxygen atoms in total. The lowest BCUT2D eigenvalue weighted by Gasteiger charge is -2.06. The van der Waals surface area contributed by atoms with Crippen LogP contribution in [0.2, 0.25) is 0 Å². The zero-order valence-electron chi connectivity index (χ0n) is 12.0. The van der Waals surface area contributed by atoms with Crippen molar-refractivity contribution in [3.05, 3.63) is 40.9 Å². The second-order valence-corrected chi connectivity index (χ2v) is 5.73. The number of carbonyl (C=O) groups excluding carboxylic acids is 1. The van der Waals surface area contributed by atoms with Gasteiger partial charge in [-0.3, -0.25) is 4.79 Å². The Morgan fingerprint density at radius 1 is 1.40 bits per heavy atom. The van der Waals surface area contributed by atoms with Crippen molar-refractivity contribution >= 4 is 17.2 Å². The van der Waals surface area contributed by atoms with E-state index in [4.69, 9.17) is 0 Å². The molecule has 0 saturated heterocycles. The van der Waals surface area contributed by atoms with Gasteiger partial charge in [0.05, 0.1) is 0 Å². The van der Waals surface area contributed by atoms with Crippen LogP contribution in [0.4, 0.5) is 0 Å². The molecule has 1 aromatic carbocycles. The van der Waals surface area contributed by atoms with E-state index in [1.54, 1.807) is 11.3 Å². The van der Waals surface area contributed by atoms with Crippen molar-refractivity contribution in [3.8, 4) is 10.6 Å². The summed E-state index contributed by atoms with van der Waals surface area (Å²) in [6, 6.07) is 8.20. The van der Waals surface area contributed by atoms with Crippen molar-refractivity contribution < 1.29 is 4.79 Å². The molecule has 0 aliphatic carbocycles. The van der Waals surface area contributed by atoms with E-state index in [0.29, 0.717) is 13.0 Å².